The molecule has 0 aromatic heterocycles. The Morgan fingerprint density at radius 1 is 1.10 bits per heavy atom. The molecule has 0 saturated heterocycles. The van der Waals surface area contributed by atoms with E-state index in [1.807, 2.05) is 18.2 Å². The monoisotopic (exact) mass is 368 g/mol. The molecule has 0 bridgehead atoms. The molecule has 0 radical (unpaired) electrons. The molecule has 0 heterocycles. The number of hydrogen-bond donors (Lipinski definition) is 0. The number of benzene rings is 2. The molecule has 112 valence electrons. The SMILES string of the molecule is COCCc1ccc(C(Br)c2cc(Cl)ccc2OC)cc1. The summed E-state index contributed by atoms with van der Waals surface area (Å²) in [4.78, 5) is 0.0441. The maximum atomic E-state index is 6.10. The van der Waals surface area contributed by atoms with E-state index in [2.05, 4.69) is 40.2 Å². The van der Waals surface area contributed by atoms with Crippen LogP contribution in [0.5, 0.6) is 5.75 Å². The van der Waals surface area contributed by atoms with Crippen LogP contribution in [0.3, 0.4) is 0 Å². The van der Waals surface area contributed by atoms with Gasteiger partial charge in [0, 0.05) is 17.7 Å². The van der Waals surface area contributed by atoms with Crippen LogP contribution in [-0.2, 0) is 11.2 Å². The fraction of sp³-hybridized carbons (Fsp3) is 0.294. The van der Waals surface area contributed by atoms with E-state index < -0.39 is 0 Å². The highest BCUT2D eigenvalue weighted by Crippen LogP contribution is 2.38. The molecule has 0 spiro atoms. The maximum absolute atomic E-state index is 6.10. The fourth-order valence-corrected chi connectivity index (χ4v) is 3.00. The van der Waals surface area contributed by atoms with E-state index in [1.54, 1.807) is 14.2 Å². The molecule has 4 heteroatoms. The lowest BCUT2D eigenvalue weighted by Crippen LogP contribution is -1.98. The molecular formula is C17H18BrClO2. The van der Waals surface area contributed by atoms with Gasteiger partial charge >= 0.3 is 0 Å². The average molecular weight is 370 g/mol. The van der Waals surface area contributed by atoms with E-state index in [-0.39, 0.29) is 4.83 Å². The van der Waals surface area contributed by atoms with Crippen molar-refractivity contribution in [2.75, 3.05) is 20.8 Å². The molecule has 0 aliphatic rings. The van der Waals surface area contributed by atoms with Crippen LogP contribution in [-0.4, -0.2) is 20.8 Å². The first-order chi connectivity index (χ1) is 10.2. The second-order valence-corrected chi connectivity index (χ2v) is 6.09. The Labute approximate surface area is 139 Å². The molecular weight excluding hydrogens is 352 g/mol. The smallest absolute Gasteiger partial charge is 0.123 e. The van der Waals surface area contributed by atoms with Crippen molar-refractivity contribution in [1.82, 2.24) is 0 Å². The molecule has 0 saturated carbocycles. The van der Waals surface area contributed by atoms with Crippen LogP contribution in [0.2, 0.25) is 5.02 Å². The van der Waals surface area contributed by atoms with Gasteiger partial charge in [-0.2, -0.15) is 0 Å². The summed E-state index contributed by atoms with van der Waals surface area (Å²) in [5, 5.41) is 0.701. The highest BCUT2D eigenvalue weighted by Gasteiger charge is 2.15. The van der Waals surface area contributed by atoms with Gasteiger partial charge in [0.1, 0.15) is 5.75 Å². The van der Waals surface area contributed by atoms with Crippen molar-refractivity contribution in [2.45, 2.75) is 11.2 Å². The van der Waals surface area contributed by atoms with Gasteiger partial charge in [-0.05, 0) is 35.7 Å². The summed E-state index contributed by atoms with van der Waals surface area (Å²) < 4.78 is 10.5. The summed E-state index contributed by atoms with van der Waals surface area (Å²) in [5.74, 6) is 0.824. The minimum absolute atomic E-state index is 0.0441. The van der Waals surface area contributed by atoms with Crippen LogP contribution < -0.4 is 4.74 Å². The van der Waals surface area contributed by atoms with Gasteiger partial charge in [-0.25, -0.2) is 0 Å². The van der Waals surface area contributed by atoms with Gasteiger partial charge in [-0.3, -0.25) is 0 Å². The number of halogens is 2. The van der Waals surface area contributed by atoms with Gasteiger partial charge in [-0.1, -0.05) is 51.8 Å². The highest BCUT2D eigenvalue weighted by atomic mass is 79.9. The lowest BCUT2D eigenvalue weighted by molar-refractivity contribution is 0.202. The van der Waals surface area contributed by atoms with Gasteiger partial charge in [0.2, 0.25) is 0 Å². The Morgan fingerprint density at radius 3 is 2.43 bits per heavy atom. The van der Waals surface area contributed by atoms with Crippen molar-refractivity contribution in [3.63, 3.8) is 0 Å². The number of alkyl halides is 1. The standard InChI is InChI=1S/C17H18BrClO2/c1-20-10-9-12-3-5-13(6-4-12)17(18)15-11-14(19)7-8-16(15)21-2/h3-8,11,17H,9-10H2,1-2H3. The summed E-state index contributed by atoms with van der Waals surface area (Å²) in [6.07, 6.45) is 0.921. The van der Waals surface area contributed by atoms with Crippen LogP contribution in [0.25, 0.3) is 0 Å². The Bertz CT molecular complexity index is 584. The highest BCUT2D eigenvalue weighted by molar-refractivity contribution is 9.09. The van der Waals surface area contributed by atoms with E-state index in [1.165, 1.54) is 5.56 Å². The molecule has 0 aliphatic heterocycles. The summed E-state index contributed by atoms with van der Waals surface area (Å²) in [6, 6.07) is 14.1. The normalized spacial score (nSPS) is 12.2. The van der Waals surface area contributed by atoms with Crippen molar-refractivity contribution in [2.24, 2.45) is 0 Å². The summed E-state index contributed by atoms with van der Waals surface area (Å²) in [6.45, 7) is 0.735. The zero-order chi connectivity index (χ0) is 15.2. The first kappa shape index (κ1) is 16.3. The topological polar surface area (TPSA) is 18.5 Å². The van der Waals surface area contributed by atoms with Gasteiger partial charge < -0.3 is 9.47 Å². The van der Waals surface area contributed by atoms with E-state index in [9.17, 15) is 0 Å². The van der Waals surface area contributed by atoms with E-state index in [4.69, 9.17) is 21.1 Å². The third-order valence-corrected chi connectivity index (χ3v) is 4.59. The van der Waals surface area contributed by atoms with Crippen molar-refractivity contribution in [3.8, 4) is 5.75 Å². The van der Waals surface area contributed by atoms with Crippen molar-refractivity contribution >= 4 is 27.5 Å². The van der Waals surface area contributed by atoms with Crippen LogP contribution in [0.15, 0.2) is 42.5 Å². The maximum Gasteiger partial charge on any atom is 0.123 e. The molecule has 1 unspecified atom stereocenters. The zero-order valence-corrected chi connectivity index (χ0v) is 14.4. The Balaban J connectivity index is 2.23. The molecule has 21 heavy (non-hydrogen) atoms. The number of rotatable bonds is 6. The summed E-state index contributed by atoms with van der Waals surface area (Å²) >= 11 is 9.83. The number of methoxy groups -OCH3 is 2. The lowest BCUT2D eigenvalue weighted by Gasteiger charge is -2.15. The van der Waals surface area contributed by atoms with Crippen LogP contribution in [0, 0.1) is 0 Å². The van der Waals surface area contributed by atoms with Gasteiger partial charge in [0.05, 0.1) is 18.5 Å². The molecule has 0 aliphatic carbocycles. The minimum atomic E-state index is 0.0441. The molecule has 2 aromatic rings. The van der Waals surface area contributed by atoms with Crippen LogP contribution >= 0.6 is 27.5 Å². The summed E-state index contributed by atoms with van der Waals surface area (Å²) in [7, 11) is 3.38. The number of hydrogen-bond acceptors (Lipinski definition) is 2. The third kappa shape index (κ3) is 4.22. The second-order valence-electron chi connectivity index (χ2n) is 4.73. The zero-order valence-electron chi connectivity index (χ0n) is 12.1. The molecule has 0 fully saturated rings. The quantitative estimate of drug-likeness (QED) is 0.665. The number of ether oxygens (including phenoxy) is 2. The average Bonchev–Trinajstić information content (AvgIpc) is 2.52. The molecule has 1 atom stereocenters. The van der Waals surface area contributed by atoms with Crippen LogP contribution in [0.4, 0.5) is 0 Å². The molecule has 2 nitrogen and oxygen atoms in total. The largest absolute Gasteiger partial charge is 0.496 e. The van der Waals surface area contributed by atoms with Gasteiger partial charge in [0.15, 0.2) is 0 Å². The summed E-state index contributed by atoms with van der Waals surface area (Å²) in [5.41, 5.74) is 3.45. The molecule has 2 aromatic carbocycles. The van der Waals surface area contributed by atoms with E-state index >= 15 is 0 Å². The Morgan fingerprint density at radius 2 is 1.81 bits per heavy atom. The van der Waals surface area contributed by atoms with Crippen molar-refractivity contribution in [3.05, 3.63) is 64.2 Å². The Kier molecular flexibility index (Phi) is 6.09. The lowest BCUT2D eigenvalue weighted by atomic mass is 10.0. The van der Waals surface area contributed by atoms with Crippen molar-refractivity contribution < 1.29 is 9.47 Å². The molecule has 0 amide bonds. The predicted octanol–water partition coefficient (Wildman–Crippen LogP) is 5.02. The first-order valence-electron chi connectivity index (χ1n) is 6.71. The molecule has 2 rings (SSSR count). The third-order valence-electron chi connectivity index (χ3n) is 3.33. The molecule has 0 N–H and O–H groups in total. The predicted molar refractivity (Wildman–Crippen MR) is 90.8 cm³/mol. The minimum Gasteiger partial charge on any atom is -0.496 e. The second kappa shape index (κ2) is 7.83. The van der Waals surface area contributed by atoms with Crippen LogP contribution in [0.1, 0.15) is 21.5 Å². The first-order valence-corrected chi connectivity index (χ1v) is 8.00. The Hall–Kier alpha value is -1.03. The van der Waals surface area contributed by atoms with E-state index in [0.29, 0.717) is 5.02 Å². The van der Waals surface area contributed by atoms with Gasteiger partial charge in [0.25, 0.3) is 0 Å². The van der Waals surface area contributed by atoms with Crippen molar-refractivity contribution in [1.29, 1.82) is 0 Å². The van der Waals surface area contributed by atoms with Gasteiger partial charge in [-0.15, -0.1) is 0 Å². The fourth-order valence-electron chi connectivity index (χ4n) is 2.16. The van der Waals surface area contributed by atoms with E-state index in [0.717, 1.165) is 29.9 Å².